The lowest BCUT2D eigenvalue weighted by Crippen LogP contribution is -2.66. The summed E-state index contributed by atoms with van der Waals surface area (Å²) in [4.78, 5) is 12.6. The van der Waals surface area contributed by atoms with E-state index in [-0.39, 0.29) is 11.7 Å². The van der Waals surface area contributed by atoms with Crippen LogP contribution in [0.5, 0.6) is 11.5 Å². The van der Waals surface area contributed by atoms with Gasteiger partial charge in [0.25, 0.3) is 0 Å². The second-order valence-electron chi connectivity index (χ2n) is 7.33. The van der Waals surface area contributed by atoms with Gasteiger partial charge in [0.05, 0.1) is 11.0 Å². The summed E-state index contributed by atoms with van der Waals surface area (Å²) in [5.41, 5.74) is 0.923. The van der Waals surface area contributed by atoms with Crippen LogP contribution in [0.15, 0.2) is 12.1 Å². The number of benzene rings is 1. The predicted molar refractivity (Wildman–Crippen MR) is 87.5 cm³/mol. The SMILES string of the molecule is C[C@H]1C[C@@H]2C[C@]34c5c2ccc(OI)c5O[C@H]3C(=O)CC[C@@]14O. The maximum Gasteiger partial charge on any atom is 0.192 e. The summed E-state index contributed by atoms with van der Waals surface area (Å²) in [6, 6.07) is 4.04. The van der Waals surface area contributed by atoms with Gasteiger partial charge >= 0.3 is 0 Å². The fourth-order valence-electron chi connectivity index (χ4n) is 5.76. The van der Waals surface area contributed by atoms with Crippen LogP contribution in [0.1, 0.15) is 49.7 Å². The molecule has 0 amide bonds. The smallest absolute Gasteiger partial charge is 0.192 e. The molecule has 1 N–H and O–H groups in total. The van der Waals surface area contributed by atoms with Crippen LogP contribution < -0.4 is 7.80 Å². The van der Waals surface area contributed by atoms with E-state index in [4.69, 9.17) is 7.80 Å². The third-order valence-corrected chi connectivity index (χ3v) is 7.12. The van der Waals surface area contributed by atoms with Crippen LogP contribution in [0.3, 0.4) is 0 Å². The zero-order valence-corrected chi connectivity index (χ0v) is 14.4. The summed E-state index contributed by atoms with van der Waals surface area (Å²) in [5, 5.41) is 11.6. The van der Waals surface area contributed by atoms with Crippen LogP contribution in [0.4, 0.5) is 0 Å². The number of hydrogen-bond donors (Lipinski definition) is 1. The lowest BCUT2D eigenvalue weighted by Gasteiger charge is -2.54. The summed E-state index contributed by atoms with van der Waals surface area (Å²) < 4.78 is 11.5. The first kappa shape index (κ1) is 13.6. The van der Waals surface area contributed by atoms with E-state index >= 15 is 0 Å². The highest BCUT2D eigenvalue weighted by molar-refractivity contribution is 14.1. The molecule has 4 nitrogen and oxygen atoms in total. The maximum absolute atomic E-state index is 12.6. The quantitative estimate of drug-likeness (QED) is 0.721. The first-order chi connectivity index (χ1) is 10.5. The van der Waals surface area contributed by atoms with E-state index in [1.54, 1.807) is 0 Å². The van der Waals surface area contributed by atoms with Crippen LogP contribution in [0.25, 0.3) is 0 Å². The molecule has 1 aromatic rings. The van der Waals surface area contributed by atoms with Gasteiger partial charge in [-0.05, 0) is 42.7 Å². The van der Waals surface area contributed by atoms with Crippen molar-refractivity contribution < 1.29 is 17.7 Å². The van der Waals surface area contributed by atoms with Gasteiger partial charge in [-0.25, -0.2) is 0 Å². The zero-order valence-electron chi connectivity index (χ0n) is 12.3. The molecule has 3 aliphatic carbocycles. The summed E-state index contributed by atoms with van der Waals surface area (Å²) in [6.45, 7) is 2.13. The van der Waals surface area contributed by atoms with Crippen LogP contribution in [0, 0.1) is 5.92 Å². The van der Waals surface area contributed by atoms with E-state index in [0.717, 1.165) is 18.4 Å². The van der Waals surface area contributed by atoms with Crippen LogP contribution in [0.2, 0.25) is 0 Å². The average Bonchev–Trinajstić information content (AvgIpc) is 3.00. The third-order valence-electron chi connectivity index (χ3n) is 6.65. The first-order valence-electron chi connectivity index (χ1n) is 7.90. The van der Waals surface area contributed by atoms with Gasteiger partial charge in [0.2, 0.25) is 0 Å². The Hall–Kier alpha value is -0.820. The van der Waals surface area contributed by atoms with Crippen molar-refractivity contribution in [2.24, 2.45) is 5.92 Å². The Morgan fingerprint density at radius 2 is 2.27 bits per heavy atom. The highest BCUT2D eigenvalue weighted by Gasteiger charge is 2.73. The van der Waals surface area contributed by atoms with E-state index in [2.05, 4.69) is 13.0 Å². The molecule has 1 heterocycles. The number of halogens is 1. The molecular formula is C17H17IO4. The van der Waals surface area contributed by atoms with Crippen molar-refractivity contribution in [2.45, 2.75) is 55.6 Å². The fourth-order valence-corrected chi connectivity index (χ4v) is 6.11. The zero-order chi connectivity index (χ0) is 15.3. The maximum atomic E-state index is 12.6. The largest absolute Gasteiger partial charge is 0.477 e. The lowest BCUT2D eigenvalue weighted by atomic mass is 9.52. The number of hydrogen-bond acceptors (Lipinski definition) is 4. The van der Waals surface area contributed by atoms with Gasteiger partial charge in [0.1, 0.15) is 0 Å². The molecule has 1 spiro atoms. The van der Waals surface area contributed by atoms with Crippen LogP contribution in [-0.2, 0) is 10.2 Å². The van der Waals surface area contributed by atoms with Crippen LogP contribution in [-0.4, -0.2) is 22.6 Å². The minimum atomic E-state index is -0.845. The molecule has 4 aliphatic rings. The monoisotopic (exact) mass is 412 g/mol. The summed E-state index contributed by atoms with van der Waals surface area (Å²) in [6.07, 6.45) is 2.23. The number of fused-ring (bicyclic) bond motifs is 2. The number of carbonyl (C=O) groups is 1. The van der Waals surface area contributed by atoms with Gasteiger partial charge in [-0.1, -0.05) is 13.0 Å². The van der Waals surface area contributed by atoms with Crippen molar-refractivity contribution in [1.29, 1.82) is 0 Å². The highest BCUT2D eigenvalue weighted by atomic mass is 127. The molecule has 0 unspecified atom stereocenters. The summed E-state index contributed by atoms with van der Waals surface area (Å²) in [5.74, 6) is 2.08. The topological polar surface area (TPSA) is 55.8 Å². The molecule has 2 bridgehead atoms. The molecule has 1 aliphatic heterocycles. The van der Waals surface area contributed by atoms with E-state index in [0.29, 0.717) is 30.3 Å². The Balaban J connectivity index is 1.87. The van der Waals surface area contributed by atoms with Crippen molar-refractivity contribution in [2.75, 3.05) is 0 Å². The summed E-state index contributed by atoms with van der Waals surface area (Å²) >= 11 is 1.85. The number of Topliss-reactive ketones (excluding diaryl/α,β-unsaturated/α-hetero) is 1. The van der Waals surface area contributed by atoms with Gasteiger partial charge in [-0.3, -0.25) is 4.79 Å². The predicted octanol–water partition coefficient (Wildman–Crippen LogP) is 3.04. The number of ketones is 1. The molecule has 2 fully saturated rings. The Kier molecular flexibility index (Phi) is 2.46. The minimum Gasteiger partial charge on any atom is -0.477 e. The van der Waals surface area contributed by atoms with Crippen LogP contribution >= 0.6 is 23.0 Å². The Morgan fingerprint density at radius 1 is 1.45 bits per heavy atom. The van der Waals surface area contributed by atoms with Gasteiger partial charge < -0.3 is 12.9 Å². The number of rotatable bonds is 1. The number of aliphatic hydroxyl groups is 1. The molecular weight excluding hydrogens is 395 g/mol. The van der Waals surface area contributed by atoms with Crippen molar-refractivity contribution >= 4 is 28.8 Å². The van der Waals surface area contributed by atoms with E-state index in [1.807, 2.05) is 29.1 Å². The van der Waals surface area contributed by atoms with Gasteiger partial charge in [-0.2, -0.15) is 0 Å². The fraction of sp³-hybridized carbons (Fsp3) is 0.588. The Bertz CT molecular complexity index is 717. The van der Waals surface area contributed by atoms with E-state index in [1.165, 1.54) is 5.56 Å². The van der Waals surface area contributed by atoms with Gasteiger partial charge in [0.15, 0.2) is 46.4 Å². The minimum absolute atomic E-state index is 0.126. The Morgan fingerprint density at radius 3 is 3.05 bits per heavy atom. The molecule has 5 atom stereocenters. The van der Waals surface area contributed by atoms with Gasteiger partial charge in [-0.15, -0.1) is 0 Å². The normalized spacial score (nSPS) is 43.8. The van der Waals surface area contributed by atoms with Crippen molar-refractivity contribution in [3.63, 3.8) is 0 Å². The van der Waals surface area contributed by atoms with E-state index in [9.17, 15) is 9.90 Å². The molecule has 1 aromatic carbocycles. The van der Waals surface area contributed by atoms with Crippen molar-refractivity contribution in [1.82, 2.24) is 0 Å². The standard InChI is InChI=1S/C17H17IO4/c1-8-6-9-7-16-13-10(9)2-3-12(22-18)14(13)21-15(16)11(19)4-5-17(8,16)20/h2-3,8-9,15,20H,4-7H2,1H3/t8-,9+,15-,16-,17+/m0/s1. The van der Waals surface area contributed by atoms with Crippen molar-refractivity contribution in [3.8, 4) is 11.5 Å². The van der Waals surface area contributed by atoms with Crippen molar-refractivity contribution in [3.05, 3.63) is 23.3 Å². The molecule has 22 heavy (non-hydrogen) atoms. The van der Waals surface area contributed by atoms with Gasteiger partial charge in [0, 0.05) is 12.0 Å². The second kappa shape index (κ2) is 3.98. The van der Waals surface area contributed by atoms with E-state index < -0.39 is 17.1 Å². The molecule has 5 heteroatoms. The molecule has 2 saturated carbocycles. The molecule has 5 rings (SSSR count). The second-order valence-corrected chi connectivity index (χ2v) is 7.77. The highest BCUT2D eigenvalue weighted by Crippen LogP contribution is 2.70. The molecule has 0 aromatic heterocycles. The third kappa shape index (κ3) is 1.22. The molecule has 116 valence electrons. The number of ether oxygens (including phenoxy) is 1. The lowest BCUT2D eigenvalue weighted by molar-refractivity contribution is -0.169. The molecule has 0 saturated heterocycles. The average molecular weight is 412 g/mol. The Labute approximate surface area is 142 Å². The first-order valence-corrected chi connectivity index (χ1v) is 8.78. The number of carbonyl (C=O) groups excluding carboxylic acids is 1. The molecule has 0 radical (unpaired) electrons. The summed E-state index contributed by atoms with van der Waals surface area (Å²) in [7, 11) is 0.